The van der Waals surface area contributed by atoms with Crippen LogP contribution in [0.4, 0.5) is 0 Å². The van der Waals surface area contributed by atoms with Crippen LogP contribution in [0.1, 0.15) is 36.8 Å². The molecule has 0 saturated carbocycles. The maximum Gasteiger partial charge on any atom is -0.00490 e. The van der Waals surface area contributed by atoms with E-state index in [1.54, 1.807) is 0 Å². The van der Waals surface area contributed by atoms with Gasteiger partial charge in [0.05, 0.1) is 0 Å². The van der Waals surface area contributed by atoms with Gasteiger partial charge in [-0.1, -0.05) is 31.2 Å². The summed E-state index contributed by atoms with van der Waals surface area (Å²) < 4.78 is 0. The summed E-state index contributed by atoms with van der Waals surface area (Å²) >= 11 is 0. The maximum absolute atomic E-state index is 11.7. The molecule has 1 saturated heterocycles. The third-order valence-corrected chi connectivity index (χ3v) is 4.31. The summed E-state index contributed by atoms with van der Waals surface area (Å²) in [7, 11) is 0. The van der Waals surface area contributed by atoms with Gasteiger partial charge in [-0.25, -0.2) is 0 Å². The first-order valence-electron chi connectivity index (χ1n) is 6.27. The largest absolute Gasteiger partial charge is 0.785 e. The number of rotatable bonds is 0. The first-order chi connectivity index (χ1) is 7.75. The summed E-state index contributed by atoms with van der Waals surface area (Å²) in [5.74, 6) is 1.22. The van der Waals surface area contributed by atoms with Crippen LogP contribution in [0.25, 0.3) is 0 Å². The van der Waals surface area contributed by atoms with Crippen LogP contribution in [0, 0.1) is 11.1 Å². The average Bonchev–Trinajstić information content (AvgIpc) is 2.31. The molecule has 0 N–H and O–H groups in total. The standard InChI is InChI=1S/C14H18NO/c1-10-8-14-12(9-15(10)16)7-6-11-4-2-3-5-13(11)14/h2-5,10,12,14H,6-9H2,1H3/q-1. The smallest absolute Gasteiger partial charge is 0.00490 e. The van der Waals surface area contributed by atoms with Crippen molar-refractivity contribution < 1.29 is 0 Å². The molecule has 3 atom stereocenters. The van der Waals surface area contributed by atoms with Crippen molar-refractivity contribution in [2.24, 2.45) is 5.92 Å². The van der Waals surface area contributed by atoms with Crippen molar-refractivity contribution >= 4 is 0 Å². The van der Waals surface area contributed by atoms with Crippen molar-refractivity contribution in [1.29, 1.82) is 0 Å². The number of hydrogen-bond acceptors (Lipinski definition) is 2. The topological polar surface area (TPSA) is 26.3 Å². The van der Waals surface area contributed by atoms with Gasteiger partial charge in [0, 0.05) is 0 Å². The van der Waals surface area contributed by atoms with Crippen LogP contribution in [-0.2, 0) is 6.42 Å². The normalized spacial score (nSPS) is 34.2. The zero-order chi connectivity index (χ0) is 11.1. The molecule has 1 fully saturated rings. The molecule has 1 aromatic carbocycles. The lowest BCUT2D eigenvalue weighted by atomic mass is 9.70. The molecule has 1 aliphatic carbocycles. The molecule has 1 aliphatic heterocycles. The molecule has 0 amide bonds. The Morgan fingerprint density at radius 2 is 2.12 bits per heavy atom. The summed E-state index contributed by atoms with van der Waals surface area (Å²) in [4.78, 5) is 0. The molecule has 0 spiro atoms. The molecule has 86 valence electrons. The van der Waals surface area contributed by atoms with Crippen LogP contribution in [0.3, 0.4) is 0 Å². The molecule has 0 radical (unpaired) electrons. The number of piperidine rings is 1. The van der Waals surface area contributed by atoms with Crippen molar-refractivity contribution in [3.63, 3.8) is 0 Å². The quantitative estimate of drug-likeness (QED) is 0.666. The van der Waals surface area contributed by atoms with Gasteiger partial charge in [-0.2, -0.15) is 0 Å². The lowest BCUT2D eigenvalue weighted by molar-refractivity contribution is 0.137. The summed E-state index contributed by atoms with van der Waals surface area (Å²) in [5.41, 5.74) is 3.02. The molecule has 0 aromatic heterocycles. The Balaban J connectivity index is 1.94. The van der Waals surface area contributed by atoms with Gasteiger partial charge in [0.25, 0.3) is 0 Å². The molecule has 1 aromatic rings. The molecule has 3 unspecified atom stereocenters. The van der Waals surface area contributed by atoms with Gasteiger partial charge in [-0.15, -0.1) is 0 Å². The first-order valence-corrected chi connectivity index (χ1v) is 6.27. The van der Waals surface area contributed by atoms with E-state index < -0.39 is 0 Å². The van der Waals surface area contributed by atoms with Crippen LogP contribution >= 0.6 is 0 Å². The fourth-order valence-corrected chi connectivity index (χ4v) is 3.35. The Morgan fingerprint density at radius 1 is 1.31 bits per heavy atom. The highest BCUT2D eigenvalue weighted by atomic mass is 16.5. The van der Waals surface area contributed by atoms with Crippen molar-refractivity contribution in [3.05, 3.63) is 40.6 Å². The fraction of sp³-hybridized carbons (Fsp3) is 0.571. The van der Waals surface area contributed by atoms with E-state index in [2.05, 4.69) is 31.2 Å². The highest BCUT2D eigenvalue weighted by Gasteiger charge is 2.34. The molecule has 2 nitrogen and oxygen atoms in total. The predicted molar refractivity (Wildman–Crippen MR) is 65.1 cm³/mol. The van der Waals surface area contributed by atoms with Crippen LogP contribution < -0.4 is 0 Å². The third kappa shape index (κ3) is 1.57. The minimum absolute atomic E-state index is 0.187. The van der Waals surface area contributed by atoms with Crippen molar-refractivity contribution in [1.82, 2.24) is 5.06 Å². The second-order valence-electron chi connectivity index (χ2n) is 5.29. The van der Waals surface area contributed by atoms with E-state index in [4.69, 9.17) is 0 Å². The van der Waals surface area contributed by atoms with E-state index in [1.165, 1.54) is 22.6 Å². The summed E-state index contributed by atoms with van der Waals surface area (Å²) in [5, 5.41) is 13.0. The molecular formula is C14H18NO-. The van der Waals surface area contributed by atoms with E-state index in [1.807, 2.05) is 0 Å². The number of hydrogen-bond donors (Lipinski definition) is 0. The van der Waals surface area contributed by atoms with Gasteiger partial charge >= 0.3 is 0 Å². The molecule has 0 bridgehead atoms. The zero-order valence-corrected chi connectivity index (χ0v) is 9.73. The molecular weight excluding hydrogens is 198 g/mol. The average molecular weight is 216 g/mol. The Morgan fingerprint density at radius 3 is 3.00 bits per heavy atom. The van der Waals surface area contributed by atoms with Gasteiger partial charge < -0.3 is 10.3 Å². The Labute approximate surface area is 96.8 Å². The fourth-order valence-electron chi connectivity index (χ4n) is 3.35. The van der Waals surface area contributed by atoms with Crippen molar-refractivity contribution in [3.8, 4) is 0 Å². The lowest BCUT2D eigenvalue weighted by Gasteiger charge is -2.49. The van der Waals surface area contributed by atoms with Crippen molar-refractivity contribution in [2.45, 2.75) is 38.1 Å². The Bertz CT molecular complexity index is 390. The number of nitrogens with zero attached hydrogens (tertiary/aromatic N) is 1. The van der Waals surface area contributed by atoms with Gasteiger partial charge in [-0.3, -0.25) is 0 Å². The van der Waals surface area contributed by atoms with Crippen LogP contribution in [0.15, 0.2) is 24.3 Å². The van der Waals surface area contributed by atoms with E-state index in [-0.39, 0.29) is 6.04 Å². The zero-order valence-electron chi connectivity index (χ0n) is 9.73. The predicted octanol–water partition coefficient (Wildman–Crippen LogP) is 2.92. The number of fused-ring (bicyclic) bond motifs is 3. The second kappa shape index (κ2) is 3.86. The molecule has 2 aliphatic rings. The first kappa shape index (κ1) is 10.3. The maximum atomic E-state index is 11.7. The van der Waals surface area contributed by atoms with E-state index in [0.717, 1.165) is 19.4 Å². The minimum Gasteiger partial charge on any atom is -0.785 e. The van der Waals surface area contributed by atoms with E-state index in [9.17, 15) is 5.21 Å². The summed E-state index contributed by atoms with van der Waals surface area (Å²) in [6.45, 7) is 2.79. The molecule has 16 heavy (non-hydrogen) atoms. The molecule has 2 heteroatoms. The van der Waals surface area contributed by atoms with Gasteiger partial charge in [0.1, 0.15) is 0 Å². The monoisotopic (exact) mass is 216 g/mol. The summed E-state index contributed by atoms with van der Waals surface area (Å²) in [6, 6.07) is 8.97. The Hall–Kier alpha value is -0.860. The van der Waals surface area contributed by atoms with Crippen LogP contribution in [0.5, 0.6) is 0 Å². The van der Waals surface area contributed by atoms with Crippen molar-refractivity contribution in [2.75, 3.05) is 6.54 Å². The summed E-state index contributed by atoms with van der Waals surface area (Å²) in [6.07, 6.45) is 3.37. The number of hydroxylamine groups is 2. The minimum atomic E-state index is 0.187. The van der Waals surface area contributed by atoms with E-state index in [0.29, 0.717) is 11.8 Å². The third-order valence-electron chi connectivity index (χ3n) is 4.31. The number of benzene rings is 1. The van der Waals surface area contributed by atoms with Gasteiger partial charge in [0.15, 0.2) is 0 Å². The molecule has 3 rings (SSSR count). The van der Waals surface area contributed by atoms with Gasteiger partial charge in [-0.05, 0) is 54.8 Å². The van der Waals surface area contributed by atoms with E-state index >= 15 is 0 Å². The Kier molecular flexibility index (Phi) is 2.49. The van der Waals surface area contributed by atoms with Crippen LogP contribution in [-0.4, -0.2) is 17.6 Å². The highest BCUT2D eigenvalue weighted by molar-refractivity contribution is 5.34. The highest BCUT2D eigenvalue weighted by Crippen LogP contribution is 2.42. The van der Waals surface area contributed by atoms with Crippen LogP contribution in [0.2, 0.25) is 0 Å². The SMILES string of the molecule is CC1CC2c3ccccc3CCC2CN1[O-]. The lowest BCUT2D eigenvalue weighted by Crippen LogP contribution is -2.43. The van der Waals surface area contributed by atoms with Gasteiger partial charge in [0.2, 0.25) is 0 Å². The molecule has 1 heterocycles. The number of aryl methyl sites for hydroxylation is 1. The second-order valence-corrected chi connectivity index (χ2v) is 5.29.